The van der Waals surface area contributed by atoms with Gasteiger partial charge in [0, 0.05) is 12.1 Å². The molecule has 154 valence electrons. The Balaban J connectivity index is 2.35. The highest BCUT2D eigenvalue weighted by Gasteiger charge is 2.27. The van der Waals surface area contributed by atoms with E-state index < -0.39 is 5.56 Å². The van der Waals surface area contributed by atoms with Crippen LogP contribution < -0.4 is 15.0 Å². The molecule has 0 saturated heterocycles. The number of aromatic hydroxyl groups is 1. The van der Waals surface area contributed by atoms with Gasteiger partial charge < -0.3 is 24.0 Å². The molecule has 0 aliphatic heterocycles. The van der Waals surface area contributed by atoms with Crippen molar-refractivity contribution >= 4 is 0 Å². The third-order valence-electron chi connectivity index (χ3n) is 4.71. The number of hydrogen-bond donors (Lipinski definition) is 2. The molecule has 0 atom stereocenters. The predicted molar refractivity (Wildman–Crippen MR) is 109 cm³/mol. The maximum atomic E-state index is 12.8. The Kier molecular flexibility index (Phi) is 6.21. The van der Waals surface area contributed by atoms with Crippen LogP contribution in [0.2, 0.25) is 0 Å². The average Bonchev–Trinajstić information content (AvgIpc) is 3.20. The Labute approximate surface area is 168 Å². The van der Waals surface area contributed by atoms with Crippen LogP contribution in [0.5, 0.6) is 17.2 Å². The van der Waals surface area contributed by atoms with E-state index in [4.69, 9.17) is 13.9 Å². The maximum absolute atomic E-state index is 12.8. The summed E-state index contributed by atoms with van der Waals surface area (Å²) in [7, 11) is 3.08. The van der Waals surface area contributed by atoms with Crippen LogP contribution >= 0.6 is 0 Å². The number of benzene rings is 1. The number of aromatic nitrogens is 3. The van der Waals surface area contributed by atoms with Gasteiger partial charge >= 0.3 is 0 Å². The molecule has 3 aromatic rings. The molecular weight excluding hydrogens is 374 g/mol. The molecule has 2 N–H and O–H groups in total. The summed E-state index contributed by atoms with van der Waals surface area (Å²) >= 11 is 0. The first-order chi connectivity index (χ1) is 14.0. The highest BCUT2D eigenvalue weighted by Crippen LogP contribution is 2.46. The van der Waals surface area contributed by atoms with Gasteiger partial charge in [0.25, 0.3) is 11.4 Å². The molecule has 0 unspecified atom stereocenters. The topological polar surface area (TPSA) is 110 Å². The second kappa shape index (κ2) is 8.81. The van der Waals surface area contributed by atoms with E-state index in [1.54, 1.807) is 32.4 Å². The van der Waals surface area contributed by atoms with Gasteiger partial charge in [-0.25, -0.2) is 0 Å². The molecule has 0 amide bonds. The molecule has 0 aliphatic carbocycles. The van der Waals surface area contributed by atoms with Crippen molar-refractivity contribution in [2.45, 2.75) is 39.5 Å². The molecule has 0 radical (unpaired) electrons. The molecule has 0 saturated carbocycles. The number of aromatic amines is 1. The lowest BCUT2D eigenvalue weighted by molar-refractivity contribution is 0.396. The van der Waals surface area contributed by atoms with Gasteiger partial charge in [0.1, 0.15) is 22.8 Å². The van der Waals surface area contributed by atoms with Gasteiger partial charge in [-0.3, -0.25) is 4.79 Å². The van der Waals surface area contributed by atoms with Gasteiger partial charge in [-0.1, -0.05) is 26.3 Å². The lowest BCUT2D eigenvalue weighted by atomic mass is 9.96. The number of pyridine rings is 1. The van der Waals surface area contributed by atoms with E-state index in [2.05, 4.69) is 22.1 Å². The van der Waals surface area contributed by atoms with Crippen LogP contribution in [0.4, 0.5) is 0 Å². The van der Waals surface area contributed by atoms with Crippen molar-refractivity contribution in [2.75, 3.05) is 14.2 Å². The van der Waals surface area contributed by atoms with Crippen molar-refractivity contribution in [1.82, 2.24) is 15.2 Å². The Bertz CT molecular complexity index is 1030. The molecule has 0 fully saturated rings. The zero-order valence-electron chi connectivity index (χ0n) is 17.0. The number of rotatable bonds is 8. The number of nitrogens with one attached hydrogen (secondary N) is 1. The lowest BCUT2D eigenvalue weighted by Crippen LogP contribution is -2.14. The minimum absolute atomic E-state index is 0.0299. The minimum Gasteiger partial charge on any atom is -0.506 e. The highest BCUT2D eigenvalue weighted by molar-refractivity contribution is 5.86. The number of ether oxygens (including phenoxy) is 2. The van der Waals surface area contributed by atoms with Crippen molar-refractivity contribution in [3.8, 4) is 39.8 Å². The van der Waals surface area contributed by atoms with Gasteiger partial charge in [0.2, 0.25) is 5.89 Å². The van der Waals surface area contributed by atoms with Crippen molar-refractivity contribution in [2.24, 2.45) is 0 Å². The summed E-state index contributed by atoms with van der Waals surface area (Å²) in [6, 6.07) is 5.34. The second-order valence-electron chi connectivity index (χ2n) is 6.53. The van der Waals surface area contributed by atoms with Gasteiger partial charge in [0.05, 0.1) is 25.3 Å². The molecule has 0 aliphatic rings. The van der Waals surface area contributed by atoms with Crippen LogP contribution in [-0.2, 0) is 12.8 Å². The van der Waals surface area contributed by atoms with Crippen LogP contribution in [0.1, 0.15) is 38.3 Å². The largest absolute Gasteiger partial charge is 0.506 e. The summed E-state index contributed by atoms with van der Waals surface area (Å²) in [5.74, 6) is 1.13. The van der Waals surface area contributed by atoms with Gasteiger partial charge in [-0.15, -0.1) is 10.2 Å². The number of nitrogens with zero attached hydrogens (tertiary/aromatic N) is 2. The fourth-order valence-corrected chi connectivity index (χ4v) is 3.24. The smallest absolute Gasteiger partial charge is 0.264 e. The molecule has 2 heterocycles. The van der Waals surface area contributed by atoms with E-state index in [-0.39, 0.29) is 17.2 Å². The Morgan fingerprint density at radius 2 is 1.76 bits per heavy atom. The Hall–Kier alpha value is -3.29. The van der Waals surface area contributed by atoms with Crippen LogP contribution in [0.25, 0.3) is 22.6 Å². The number of H-pyrrole nitrogens is 1. The highest BCUT2D eigenvalue weighted by atomic mass is 16.5. The summed E-state index contributed by atoms with van der Waals surface area (Å²) in [5, 5.41) is 19.1. The van der Waals surface area contributed by atoms with Crippen LogP contribution in [0, 0.1) is 0 Å². The van der Waals surface area contributed by atoms with Crippen molar-refractivity contribution in [3.05, 3.63) is 40.1 Å². The third-order valence-corrected chi connectivity index (χ3v) is 4.71. The number of aryl methyl sites for hydroxylation is 2. The molecular formula is C21H25N3O5. The van der Waals surface area contributed by atoms with Gasteiger partial charge in [-0.2, -0.15) is 0 Å². The van der Waals surface area contributed by atoms with Crippen LogP contribution in [0.15, 0.2) is 27.4 Å². The summed E-state index contributed by atoms with van der Waals surface area (Å²) in [6.45, 7) is 3.92. The summed E-state index contributed by atoms with van der Waals surface area (Å²) in [4.78, 5) is 15.7. The molecule has 29 heavy (non-hydrogen) atoms. The Morgan fingerprint density at radius 1 is 1.07 bits per heavy atom. The molecule has 8 heteroatoms. The van der Waals surface area contributed by atoms with Crippen LogP contribution in [-0.4, -0.2) is 34.5 Å². The van der Waals surface area contributed by atoms with Gasteiger partial charge in [-0.05, 0) is 25.0 Å². The van der Waals surface area contributed by atoms with E-state index in [0.717, 1.165) is 12.8 Å². The molecule has 2 aromatic heterocycles. The van der Waals surface area contributed by atoms with Crippen molar-refractivity contribution in [1.29, 1.82) is 0 Å². The Morgan fingerprint density at radius 3 is 2.31 bits per heavy atom. The second-order valence-corrected chi connectivity index (χ2v) is 6.53. The first-order valence-corrected chi connectivity index (χ1v) is 9.57. The molecule has 0 bridgehead atoms. The summed E-state index contributed by atoms with van der Waals surface area (Å²) < 4.78 is 16.6. The fourth-order valence-electron chi connectivity index (χ4n) is 3.24. The standard InChI is InChI=1S/C21H25N3O5/c1-5-7-9-12-16(17-13(27-3)10-8-11-14(17)28-4)19(25)18(20(26)22-12)21-24-23-15(6-2)29-21/h8,10-11H,5-7,9H2,1-4H3,(H2,22,25,26). The molecule has 3 rings (SSSR count). The van der Waals surface area contributed by atoms with E-state index in [9.17, 15) is 9.90 Å². The minimum atomic E-state index is -0.488. The van der Waals surface area contributed by atoms with E-state index in [1.165, 1.54) is 0 Å². The molecule has 1 aromatic carbocycles. The van der Waals surface area contributed by atoms with Crippen LogP contribution in [0.3, 0.4) is 0 Å². The first kappa shape index (κ1) is 20.4. The van der Waals surface area contributed by atoms with E-state index in [0.29, 0.717) is 47.1 Å². The average molecular weight is 399 g/mol. The fraction of sp³-hybridized carbons (Fsp3) is 0.381. The van der Waals surface area contributed by atoms with Crippen molar-refractivity contribution < 1.29 is 19.0 Å². The van der Waals surface area contributed by atoms with E-state index in [1.807, 2.05) is 6.92 Å². The summed E-state index contributed by atoms with van der Waals surface area (Å²) in [5.41, 5.74) is 1.02. The van der Waals surface area contributed by atoms with Crippen molar-refractivity contribution in [3.63, 3.8) is 0 Å². The SMILES string of the molecule is CCCCc1[nH]c(=O)c(-c2nnc(CC)o2)c(O)c1-c1c(OC)cccc1OC. The predicted octanol–water partition coefficient (Wildman–Crippen LogP) is 3.72. The molecule has 0 spiro atoms. The quantitative estimate of drug-likeness (QED) is 0.594. The number of methoxy groups -OCH3 is 2. The molecule has 8 nitrogen and oxygen atoms in total. The zero-order valence-corrected chi connectivity index (χ0v) is 17.0. The number of hydrogen-bond acceptors (Lipinski definition) is 7. The lowest BCUT2D eigenvalue weighted by Gasteiger charge is -2.18. The summed E-state index contributed by atoms with van der Waals surface area (Å²) in [6.07, 6.45) is 2.85. The first-order valence-electron chi connectivity index (χ1n) is 9.57. The monoisotopic (exact) mass is 399 g/mol. The van der Waals surface area contributed by atoms with E-state index >= 15 is 0 Å². The number of unbranched alkanes of at least 4 members (excludes halogenated alkanes) is 1. The maximum Gasteiger partial charge on any atom is 0.264 e. The normalized spacial score (nSPS) is 10.9. The van der Waals surface area contributed by atoms with Gasteiger partial charge in [0.15, 0.2) is 0 Å². The zero-order chi connectivity index (χ0) is 21.0. The third kappa shape index (κ3) is 3.83.